The lowest BCUT2D eigenvalue weighted by molar-refractivity contribution is 0.0342. The Morgan fingerprint density at radius 2 is 2.04 bits per heavy atom. The first kappa shape index (κ1) is 17.6. The molecule has 2 N–H and O–H groups in total. The number of H-pyrrole nitrogens is 1. The third-order valence-electron chi connectivity index (χ3n) is 4.38. The summed E-state index contributed by atoms with van der Waals surface area (Å²) in [5.74, 6) is 1.21. The summed E-state index contributed by atoms with van der Waals surface area (Å²) in [5, 5.41) is 3.92. The molecule has 0 bridgehead atoms. The SMILES string of the molecule is COc1cc(OC)c2[nH]c(C(=O)NC(C)CN3CCOCC3)cc2c1. The number of nitrogens with zero attached hydrogens (tertiary/aromatic N) is 1. The minimum absolute atomic E-state index is 0.0495. The topological polar surface area (TPSA) is 75.8 Å². The maximum Gasteiger partial charge on any atom is 0.267 e. The Morgan fingerprint density at radius 3 is 2.72 bits per heavy atom. The van der Waals surface area contributed by atoms with Gasteiger partial charge in [-0.1, -0.05) is 0 Å². The standard InChI is InChI=1S/C18H25N3O4/c1-12(11-21-4-6-25-7-5-21)19-18(22)15-9-13-8-14(23-2)10-16(24-3)17(13)20-15/h8-10,12,20H,4-7,11H2,1-3H3,(H,19,22). The van der Waals surface area contributed by atoms with Gasteiger partial charge in [0.2, 0.25) is 0 Å². The van der Waals surface area contributed by atoms with Crippen molar-refractivity contribution in [2.75, 3.05) is 47.1 Å². The molecule has 1 atom stereocenters. The Bertz CT molecular complexity index is 737. The van der Waals surface area contributed by atoms with Crippen molar-refractivity contribution in [3.8, 4) is 11.5 Å². The van der Waals surface area contributed by atoms with E-state index in [1.165, 1.54) is 0 Å². The van der Waals surface area contributed by atoms with Crippen LogP contribution in [0, 0.1) is 0 Å². The van der Waals surface area contributed by atoms with E-state index >= 15 is 0 Å². The number of hydrogen-bond donors (Lipinski definition) is 2. The predicted octanol–water partition coefficient (Wildman–Crippen LogP) is 1.64. The maximum atomic E-state index is 12.6. The van der Waals surface area contributed by atoms with E-state index < -0.39 is 0 Å². The number of hydrogen-bond acceptors (Lipinski definition) is 5. The molecule has 1 aliphatic heterocycles. The predicted molar refractivity (Wildman–Crippen MR) is 95.6 cm³/mol. The molecule has 0 radical (unpaired) electrons. The van der Waals surface area contributed by atoms with E-state index in [4.69, 9.17) is 14.2 Å². The van der Waals surface area contributed by atoms with Crippen LogP contribution in [0.3, 0.4) is 0 Å². The van der Waals surface area contributed by atoms with Gasteiger partial charge >= 0.3 is 0 Å². The Labute approximate surface area is 147 Å². The van der Waals surface area contributed by atoms with Crippen LogP contribution in [-0.2, 0) is 4.74 Å². The molecule has 7 heteroatoms. The molecule has 1 aromatic carbocycles. The molecule has 25 heavy (non-hydrogen) atoms. The van der Waals surface area contributed by atoms with E-state index in [0.717, 1.165) is 43.8 Å². The fraction of sp³-hybridized carbons (Fsp3) is 0.500. The van der Waals surface area contributed by atoms with Crippen LogP contribution in [0.5, 0.6) is 11.5 Å². The van der Waals surface area contributed by atoms with E-state index in [0.29, 0.717) is 17.2 Å². The number of carbonyl (C=O) groups excluding carboxylic acids is 1. The van der Waals surface area contributed by atoms with Gasteiger partial charge in [-0.3, -0.25) is 9.69 Å². The van der Waals surface area contributed by atoms with Crippen LogP contribution in [0.1, 0.15) is 17.4 Å². The van der Waals surface area contributed by atoms with Gasteiger partial charge in [0, 0.05) is 37.1 Å². The average Bonchev–Trinajstić information content (AvgIpc) is 3.05. The highest BCUT2D eigenvalue weighted by atomic mass is 16.5. The number of ether oxygens (including phenoxy) is 3. The summed E-state index contributed by atoms with van der Waals surface area (Å²) in [4.78, 5) is 18.0. The number of benzene rings is 1. The molecule has 1 saturated heterocycles. The zero-order chi connectivity index (χ0) is 17.8. The van der Waals surface area contributed by atoms with Crippen LogP contribution in [0.2, 0.25) is 0 Å². The summed E-state index contributed by atoms with van der Waals surface area (Å²) in [7, 11) is 3.20. The van der Waals surface area contributed by atoms with Gasteiger partial charge in [0.05, 0.1) is 33.0 Å². The number of aromatic nitrogens is 1. The normalized spacial score (nSPS) is 16.6. The van der Waals surface area contributed by atoms with Gasteiger partial charge in [0.1, 0.15) is 17.2 Å². The van der Waals surface area contributed by atoms with Crippen molar-refractivity contribution in [1.82, 2.24) is 15.2 Å². The Morgan fingerprint density at radius 1 is 1.28 bits per heavy atom. The van der Waals surface area contributed by atoms with Crippen molar-refractivity contribution < 1.29 is 19.0 Å². The zero-order valence-corrected chi connectivity index (χ0v) is 14.9. The third-order valence-corrected chi connectivity index (χ3v) is 4.38. The first-order valence-electron chi connectivity index (χ1n) is 8.46. The fourth-order valence-corrected chi connectivity index (χ4v) is 3.10. The minimum Gasteiger partial charge on any atom is -0.497 e. The molecular formula is C18H25N3O4. The van der Waals surface area contributed by atoms with Crippen LogP contribution in [0.15, 0.2) is 18.2 Å². The molecule has 1 aliphatic rings. The summed E-state index contributed by atoms with van der Waals surface area (Å²) in [6.45, 7) is 6.15. The molecular weight excluding hydrogens is 322 g/mol. The number of morpholine rings is 1. The Hall–Kier alpha value is -2.25. The smallest absolute Gasteiger partial charge is 0.267 e. The minimum atomic E-state index is -0.127. The lowest BCUT2D eigenvalue weighted by Gasteiger charge is -2.29. The van der Waals surface area contributed by atoms with E-state index in [1.54, 1.807) is 20.3 Å². The van der Waals surface area contributed by atoms with Crippen LogP contribution in [0.25, 0.3) is 10.9 Å². The molecule has 2 heterocycles. The first-order chi connectivity index (χ1) is 12.1. The van der Waals surface area contributed by atoms with Crippen LogP contribution >= 0.6 is 0 Å². The highest BCUT2D eigenvalue weighted by Gasteiger charge is 2.18. The van der Waals surface area contributed by atoms with Gasteiger partial charge in [-0.15, -0.1) is 0 Å². The van der Waals surface area contributed by atoms with Crippen LogP contribution in [-0.4, -0.2) is 68.9 Å². The number of carbonyl (C=O) groups is 1. The maximum absolute atomic E-state index is 12.6. The lowest BCUT2D eigenvalue weighted by atomic mass is 10.2. The Balaban J connectivity index is 1.71. The summed E-state index contributed by atoms with van der Waals surface area (Å²) >= 11 is 0. The second kappa shape index (κ2) is 7.76. The van der Waals surface area contributed by atoms with E-state index in [-0.39, 0.29) is 11.9 Å². The summed E-state index contributed by atoms with van der Waals surface area (Å²) in [5.41, 5.74) is 1.30. The van der Waals surface area contributed by atoms with Crippen molar-refractivity contribution in [1.29, 1.82) is 0 Å². The molecule has 3 rings (SSSR count). The fourth-order valence-electron chi connectivity index (χ4n) is 3.10. The highest BCUT2D eigenvalue weighted by molar-refractivity contribution is 6.00. The van der Waals surface area contributed by atoms with Gasteiger partial charge < -0.3 is 24.5 Å². The molecule has 0 aliphatic carbocycles. The average molecular weight is 347 g/mol. The van der Waals surface area contributed by atoms with Crippen molar-refractivity contribution in [3.63, 3.8) is 0 Å². The number of rotatable bonds is 6. The molecule has 1 aromatic heterocycles. The van der Waals surface area contributed by atoms with Gasteiger partial charge in [-0.25, -0.2) is 0 Å². The molecule has 136 valence electrons. The molecule has 1 fully saturated rings. The molecule has 7 nitrogen and oxygen atoms in total. The van der Waals surface area contributed by atoms with Crippen molar-refractivity contribution in [3.05, 3.63) is 23.9 Å². The summed E-state index contributed by atoms with van der Waals surface area (Å²) in [6, 6.07) is 5.54. The second-order valence-corrected chi connectivity index (χ2v) is 6.26. The Kier molecular flexibility index (Phi) is 5.45. The quantitative estimate of drug-likeness (QED) is 0.831. The van der Waals surface area contributed by atoms with E-state index in [9.17, 15) is 4.79 Å². The molecule has 1 unspecified atom stereocenters. The van der Waals surface area contributed by atoms with Gasteiger partial charge in [0.25, 0.3) is 5.91 Å². The third kappa shape index (κ3) is 4.05. The van der Waals surface area contributed by atoms with Crippen molar-refractivity contribution in [2.45, 2.75) is 13.0 Å². The molecule has 0 saturated carbocycles. The van der Waals surface area contributed by atoms with Gasteiger partial charge in [-0.05, 0) is 19.1 Å². The monoisotopic (exact) mass is 347 g/mol. The molecule has 0 spiro atoms. The molecule has 2 aromatic rings. The number of methoxy groups -OCH3 is 2. The van der Waals surface area contributed by atoms with E-state index in [1.807, 2.05) is 19.1 Å². The second-order valence-electron chi connectivity index (χ2n) is 6.26. The number of amides is 1. The summed E-state index contributed by atoms with van der Waals surface area (Å²) in [6.07, 6.45) is 0. The van der Waals surface area contributed by atoms with Gasteiger partial charge in [0.15, 0.2) is 0 Å². The van der Waals surface area contributed by atoms with Crippen molar-refractivity contribution in [2.24, 2.45) is 0 Å². The van der Waals surface area contributed by atoms with Crippen molar-refractivity contribution >= 4 is 16.8 Å². The number of aromatic amines is 1. The van der Waals surface area contributed by atoms with Crippen LogP contribution in [0.4, 0.5) is 0 Å². The molecule has 1 amide bonds. The largest absolute Gasteiger partial charge is 0.497 e. The summed E-state index contributed by atoms with van der Waals surface area (Å²) < 4.78 is 16.0. The van der Waals surface area contributed by atoms with E-state index in [2.05, 4.69) is 15.2 Å². The zero-order valence-electron chi connectivity index (χ0n) is 14.9. The van der Waals surface area contributed by atoms with Gasteiger partial charge in [-0.2, -0.15) is 0 Å². The highest BCUT2D eigenvalue weighted by Crippen LogP contribution is 2.31. The lowest BCUT2D eigenvalue weighted by Crippen LogP contribution is -2.46. The first-order valence-corrected chi connectivity index (χ1v) is 8.46. The number of nitrogens with one attached hydrogen (secondary N) is 2. The number of fused-ring (bicyclic) bond motifs is 1. The van der Waals surface area contributed by atoms with Crippen LogP contribution < -0.4 is 14.8 Å².